The minimum atomic E-state index is -1.23. The molecule has 1 aliphatic carbocycles. The van der Waals surface area contributed by atoms with Crippen LogP contribution in [0.1, 0.15) is 15.9 Å². The fourth-order valence-electron chi connectivity index (χ4n) is 1.78. The van der Waals surface area contributed by atoms with Crippen molar-refractivity contribution in [1.29, 1.82) is 0 Å². The summed E-state index contributed by atoms with van der Waals surface area (Å²) in [5.74, 6) is -3.13. The number of aliphatic hydroxyl groups is 1. The van der Waals surface area contributed by atoms with Gasteiger partial charge in [0.2, 0.25) is 5.78 Å². The van der Waals surface area contributed by atoms with Gasteiger partial charge in [0.15, 0.2) is 0 Å². The van der Waals surface area contributed by atoms with Crippen LogP contribution in [0.2, 0.25) is 0 Å². The lowest BCUT2D eigenvalue weighted by Gasteiger charge is -2.02. The third-order valence-electron chi connectivity index (χ3n) is 2.59. The van der Waals surface area contributed by atoms with E-state index in [1.165, 1.54) is 6.07 Å². The van der Waals surface area contributed by atoms with Gasteiger partial charge in [-0.25, -0.2) is 0 Å². The number of aliphatic carboxylic acids is 1. The van der Waals surface area contributed by atoms with E-state index >= 15 is 0 Å². The molecule has 0 aliphatic heterocycles. The second kappa shape index (κ2) is 5.00. The van der Waals surface area contributed by atoms with Crippen LogP contribution in [0.15, 0.2) is 23.8 Å². The van der Waals surface area contributed by atoms with Gasteiger partial charge in [0.05, 0.1) is 0 Å². The van der Waals surface area contributed by atoms with Gasteiger partial charge >= 0.3 is 5.97 Å². The van der Waals surface area contributed by atoms with Crippen molar-refractivity contribution in [1.82, 2.24) is 5.32 Å². The molecule has 1 aromatic rings. The van der Waals surface area contributed by atoms with Crippen LogP contribution in [0, 0.1) is 3.57 Å². The zero-order valence-corrected chi connectivity index (χ0v) is 11.6. The standard InChI is InChI=1S/C12H8INO5/c13-6-3-1-2-5-8(6)11(18)9(10(5)17)12(19)14-4-7(15)16/h1-3,18H,4H2,(H,14,19)(H,15,16). The topological polar surface area (TPSA) is 104 Å². The molecule has 0 spiro atoms. The zero-order chi connectivity index (χ0) is 14.2. The number of halogens is 1. The number of ketones is 1. The Morgan fingerprint density at radius 1 is 1.32 bits per heavy atom. The molecule has 0 heterocycles. The normalized spacial score (nSPS) is 13.4. The van der Waals surface area contributed by atoms with Gasteiger partial charge in [-0.15, -0.1) is 0 Å². The Kier molecular flexibility index (Phi) is 3.56. The first-order chi connectivity index (χ1) is 8.93. The van der Waals surface area contributed by atoms with Crippen molar-refractivity contribution in [3.05, 3.63) is 38.5 Å². The number of aliphatic hydroxyl groups excluding tert-OH is 1. The van der Waals surface area contributed by atoms with Gasteiger partial charge in [0.25, 0.3) is 5.91 Å². The average molecular weight is 373 g/mol. The minimum Gasteiger partial charge on any atom is -0.506 e. The van der Waals surface area contributed by atoms with Crippen molar-refractivity contribution in [3.63, 3.8) is 0 Å². The monoisotopic (exact) mass is 373 g/mol. The van der Waals surface area contributed by atoms with Gasteiger partial charge < -0.3 is 15.5 Å². The Balaban J connectivity index is 2.39. The first-order valence-corrected chi connectivity index (χ1v) is 6.28. The number of Topliss-reactive ketones (excluding diaryl/α,β-unsaturated/α-hetero) is 1. The predicted molar refractivity (Wildman–Crippen MR) is 73.7 cm³/mol. The number of amides is 1. The largest absolute Gasteiger partial charge is 0.506 e. The van der Waals surface area contributed by atoms with Crippen molar-refractivity contribution in [2.45, 2.75) is 0 Å². The highest BCUT2D eigenvalue weighted by Gasteiger charge is 2.35. The lowest BCUT2D eigenvalue weighted by Crippen LogP contribution is -2.32. The summed E-state index contributed by atoms with van der Waals surface area (Å²) in [5.41, 5.74) is 0.138. The van der Waals surface area contributed by atoms with Crippen LogP contribution in [-0.2, 0) is 9.59 Å². The summed E-state index contributed by atoms with van der Waals surface area (Å²) in [4.78, 5) is 34.1. The van der Waals surface area contributed by atoms with Gasteiger partial charge in [-0.05, 0) is 28.7 Å². The number of rotatable bonds is 3. The quantitative estimate of drug-likeness (QED) is 0.541. The molecule has 0 saturated heterocycles. The van der Waals surface area contributed by atoms with Gasteiger partial charge in [-0.2, -0.15) is 0 Å². The lowest BCUT2D eigenvalue weighted by atomic mass is 10.1. The van der Waals surface area contributed by atoms with Crippen molar-refractivity contribution >= 4 is 46.0 Å². The van der Waals surface area contributed by atoms with Crippen LogP contribution < -0.4 is 5.32 Å². The molecular formula is C12H8INO5. The molecule has 1 amide bonds. The lowest BCUT2D eigenvalue weighted by molar-refractivity contribution is -0.137. The Bertz CT molecular complexity index is 635. The Morgan fingerprint density at radius 2 is 2.00 bits per heavy atom. The smallest absolute Gasteiger partial charge is 0.322 e. The number of hydrogen-bond acceptors (Lipinski definition) is 4. The summed E-state index contributed by atoms with van der Waals surface area (Å²) in [6.45, 7) is -0.615. The van der Waals surface area contributed by atoms with E-state index in [4.69, 9.17) is 5.11 Å². The molecule has 0 unspecified atom stereocenters. The highest BCUT2D eigenvalue weighted by atomic mass is 127. The van der Waals surface area contributed by atoms with E-state index in [1.807, 2.05) is 22.6 Å². The van der Waals surface area contributed by atoms with Crippen molar-refractivity contribution in [3.8, 4) is 0 Å². The molecule has 0 atom stereocenters. The highest BCUT2D eigenvalue weighted by Crippen LogP contribution is 2.34. The van der Waals surface area contributed by atoms with Crippen LogP contribution in [0.25, 0.3) is 5.76 Å². The molecule has 0 aromatic heterocycles. The van der Waals surface area contributed by atoms with E-state index in [0.717, 1.165) is 0 Å². The maximum absolute atomic E-state index is 12.0. The predicted octanol–water partition coefficient (Wildman–Crippen LogP) is 0.957. The number of benzene rings is 1. The Morgan fingerprint density at radius 3 is 2.58 bits per heavy atom. The number of nitrogens with one attached hydrogen (secondary N) is 1. The van der Waals surface area contributed by atoms with Crippen molar-refractivity contribution in [2.75, 3.05) is 6.54 Å². The van der Waals surface area contributed by atoms with Crippen LogP contribution >= 0.6 is 22.6 Å². The molecule has 1 aromatic carbocycles. The molecule has 98 valence electrons. The summed E-state index contributed by atoms with van der Waals surface area (Å²) in [6.07, 6.45) is 0. The van der Waals surface area contributed by atoms with Crippen LogP contribution in [0.4, 0.5) is 0 Å². The molecule has 7 heteroatoms. The molecule has 0 saturated carbocycles. The second-order valence-corrected chi connectivity index (χ2v) is 4.95. The minimum absolute atomic E-state index is 0.241. The summed E-state index contributed by atoms with van der Waals surface area (Å²) in [5, 5.41) is 20.5. The van der Waals surface area contributed by atoms with Crippen LogP contribution in [-0.4, -0.2) is 34.4 Å². The molecule has 0 bridgehead atoms. The van der Waals surface area contributed by atoms with Gasteiger partial charge in [-0.1, -0.05) is 12.1 Å². The Labute approximate surface area is 121 Å². The molecular weight excluding hydrogens is 365 g/mol. The number of carboxylic acids is 1. The SMILES string of the molecule is O=C(O)CNC(=O)C1=C(O)c2c(I)cccc2C1=O. The maximum atomic E-state index is 12.0. The van der Waals surface area contributed by atoms with E-state index in [1.54, 1.807) is 12.1 Å². The highest BCUT2D eigenvalue weighted by molar-refractivity contribution is 14.1. The number of carbonyl (C=O) groups is 3. The number of carboxylic acid groups (broad SMARTS) is 1. The summed E-state index contributed by atoms with van der Waals surface area (Å²) >= 11 is 1.94. The van der Waals surface area contributed by atoms with Gasteiger partial charge in [0.1, 0.15) is 17.9 Å². The fraction of sp³-hybridized carbons (Fsp3) is 0.0833. The summed E-state index contributed by atoms with van der Waals surface area (Å²) < 4.78 is 0.641. The number of hydrogen-bond donors (Lipinski definition) is 3. The molecule has 19 heavy (non-hydrogen) atoms. The van der Waals surface area contributed by atoms with Gasteiger partial charge in [0, 0.05) is 14.7 Å². The summed E-state index contributed by atoms with van der Waals surface area (Å²) in [7, 11) is 0. The van der Waals surface area contributed by atoms with E-state index in [9.17, 15) is 19.5 Å². The number of carbonyl (C=O) groups excluding carboxylic acids is 2. The number of fused-ring (bicyclic) bond motifs is 1. The van der Waals surface area contributed by atoms with Gasteiger partial charge in [-0.3, -0.25) is 14.4 Å². The van der Waals surface area contributed by atoms with Crippen molar-refractivity contribution < 1.29 is 24.6 Å². The maximum Gasteiger partial charge on any atom is 0.322 e. The van der Waals surface area contributed by atoms with E-state index in [0.29, 0.717) is 9.13 Å². The molecule has 1 aliphatic rings. The van der Waals surface area contributed by atoms with E-state index < -0.39 is 35.5 Å². The average Bonchev–Trinajstić information content (AvgIpc) is 2.60. The van der Waals surface area contributed by atoms with E-state index in [-0.39, 0.29) is 5.56 Å². The van der Waals surface area contributed by atoms with Crippen molar-refractivity contribution in [2.24, 2.45) is 0 Å². The second-order valence-electron chi connectivity index (χ2n) is 3.79. The zero-order valence-electron chi connectivity index (χ0n) is 9.44. The molecule has 0 fully saturated rings. The third kappa shape index (κ3) is 2.33. The Hall–Kier alpha value is -1.90. The van der Waals surface area contributed by atoms with Crippen LogP contribution in [0.5, 0.6) is 0 Å². The first kappa shape index (κ1) is 13.5. The van der Waals surface area contributed by atoms with E-state index in [2.05, 4.69) is 5.32 Å². The molecule has 3 N–H and O–H groups in total. The van der Waals surface area contributed by atoms with Crippen LogP contribution in [0.3, 0.4) is 0 Å². The molecule has 6 nitrogen and oxygen atoms in total. The first-order valence-electron chi connectivity index (χ1n) is 5.20. The molecule has 2 rings (SSSR count). The summed E-state index contributed by atoms with van der Waals surface area (Å²) in [6, 6.07) is 4.85. The third-order valence-corrected chi connectivity index (χ3v) is 3.49. The molecule has 0 radical (unpaired) electrons. The fourth-order valence-corrected chi connectivity index (χ4v) is 2.53.